The molecule has 0 aliphatic heterocycles. The van der Waals surface area contributed by atoms with Gasteiger partial charge in [-0.3, -0.25) is 19.7 Å². The Morgan fingerprint density at radius 3 is 1.96 bits per heavy atom. The van der Waals surface area contributed by atoms with Gasteiger partial charge in [0.25, 0.3) is 5.69 Å². The highest BCUT2D eigenvalue weighted by molar-refractivity contribution is 6.01. The summed E-state index contributed by atoms with van der Waals surface area (Å²) < 4.78 is 10.4. The maximum absolute atomic E-state index is 13.0. The lowest BCUT2D eigenvalue weighted by molar-refractivity contribution is -0.385. The molecule has 7 nitrogen and oxygen atoms in total. The van der Waals surface area contributed by atoms with Crippen molar-refractivity contribution in [2.75, 3.05) is 13.2 Å². The van der Waals surface area contributed by atoms with Crippen LogP contribution in [0.1, 0.15) is 25.0 Å². The molecule has 0 radical (unpaired) electrons. The number of para-hydroxylation sites is 1. The first-order chi connectivity index (χ1) is 13.4. The van der Waals surface area contributed by atoms with Crippen LogP contribution in [0, 0.1) is 15.5 Å². The van der Waals surface area contributed by atoms with Crippen LogP contribution in [0.15, 0.2) is 54.6 Å². The second-order valence-corrected chi connectivity index (χ2v) is 6.25. The van der Waals surface area contributed by atoms with Gasteiger partial charge in [-0.25, -0.2) is 0 Å². The van der Waals surface area contributed by atoms with Gasteiger partial charge in [0.2, 0.25) is 0 Å². The summed E-state index contributed by atoms with van der Waals surface area (Å²) in [5.41, 5.74) is -0.889. The van der Waals surface area contributed by atoms with Gasteiger partial charge < -0.3 is 9.47 Å². The van der Waals surface area contributed by atoms with E-state index in [1.807, 2.05) is 6.07 Å². The zero-order valence-corrected chi connectivity index (χ0v) is 15.9. The van der Waals surface area contributed by atoms with Crippen molar-refractivity contribution < 1.29 is 24.0 Å². The molecule has 0 aliphatic rings. The summed E-state index contributed by atoms with van der Waals surface area (Å²) in [6.45, 7) is 3.43. The molecule has 2 aromatic rings. The molecule has 0 saturated carbocycles. The van der Waals surface area contributed by atoms with Gasteiger partial charge in [0.05, 0.1) is 18.1 Å². The zero-order chi connectivity index (χ0) is 20.6. The molecule has 0 spiro atoms. The minimum Gasteiger partial charge on any atom is -0.465 e. The highest BCUT2D eigenvalue weighted by Crippen LogP contribution is 2.34. The minimum absolute atomic E-state index is 0.0115. The molecular formula is C21H23NO6. The first kappa shape index (κ1) is 21.1. The topological polar surface area (TPSA) is 95.7 Å². The van der Waals surface area contributed by atoms with Crippen molar-refractivity contribution in [3.63, 3.8) is 0 Å². The first-order valence-electron chi connectivity index (χ1n) is 9.05. The maximum Gasteiger partial charge on any atom is 0.324 e. The average Bonchev–Trinajstić information content (AvgIpc) is 2.68. The van der Waals surface area contributed by atoms with Crippen molar-refractivity contribution >= 4 is 17.6 Å². The van der Waals surface area contributed by atoms with Gasteiger partial charge >= 0.3 is 11.9 Å². The standard InChI is InChI=1S/C21H23NO6/c1-3-27-19(23)21(20(24)28-4-2,14-16-10-6-5-7-11-16)15-17-12-8-9-13-18(17)22(25)26/h5-13H,3-4,14-15H2,1-2H3. The fourth-order valence-electron chi connectivity index (χ4n) is 3.08. The monoisotopic (exact) mass is 385 g/mol. The van der Waals surface area contributed by atoms with Gasteiger partial charge in [0, 0.05) is 18.1 Å². The summed E-state index contributed by atoms with van der Waals surface area (Å²) in [7, 11) is 0. The number of hydrogen-bond acceptors (Lipinski definition) is 6. The Hall–Kier alpha value is -3.22. The van der Waals surface area contributed by atoms with E-state index in [1.54, 1.807) is 44.2 Å². The fourth-order valence-corrected chi connectivity index (χ4v) is 3.08. The van der Waals surface area contributed by atoms with E-state index in [4.69, 9.17) is 9.47 Å². The average molecular weight is 385 g/mol. The number of nitro groups is 1. The highest BCUT2D eigenvalue weighted by atomic mass is 16.6. The minimum atomic E-state index is -1.72. The summed E-state index contributed by atoms with van der Waals surface area (Å²) >= 11 is 0. The summed E-state index contributed by atoms with van der Waals surface area (Å²) in [5, 5.41) is 11.4. The molecule has 0 atom stereocenters. The van der Waals surface area contributed by atoms with Crippen LogP contribution in [0.4, 0.5) is 5.69 Å². The molecule has 0 aromatic heterocycles. The van der Waals surface area contributed by atoms with Gasteiger partial charge in [-0.1, -0.05) is 48.5 Å². The first-order valence-corrected chi connectivity index (χ1v) is 9.05. The van der Waals surface area contributed by atoms with E-state index in [9.17, 15) is 19.7 Å². The van der Waals surface area contributed by atoms with E-state index >= 15 is 0 Å². The highest BCUT2D eigenvalue weighted by Gasteiger charge is 2.50. The van der Waals surface area contributed by atoms with Crippen molar-refractivity contribution in [1.29, 1.82) is 0 Å². The molecule has 0 heterocycles. The van der Waals surface area contributed by atoms with E-state index < -0.39 is 22.3 Å². The number of rotatable bonds is 9. The fraction of sp³-hybridized carbons (Fsp3) is 0.333. The Morgan fingerprint density at radius 1 is 0.893 bits per heavy atom. The van der Waals surface area contributed by atoms with Crippen LogP contribution < -0.4 is 0 Å². The summed E-state index contributed by atoms with van der Waals surface area (Å²) in [4.78, 5) is 36.9. The molecular weight excluding hydrogens is 362 g/mol. The molecule has 2 aromatic carbocycles. The third kappa shape index (κ3) is 4.73. The molecule has 7 heteroatoms. The van der Waals surface area contributed by atoms with E-state index in [-0.39, 0.29) is 37.3 Å². The number of nitro benzene ring substituents is 1. The molecule has 0 amide bonds. The van der Waals surface area contributed by atoms with Crippen molar-refractivity contribution in [1.82, 2.24) is 0 Å². The summed E-state index contributed by atoms with van der Waals surface area (Å²) in [6.07, 6.45) is -0.186. The van der Waals surface area contributed by atoms with Gasteiger partial charge in [-0.05, 0) is 25.8 Å². The van der Waals surface area contributed by atoms with Crippen LogP contribution in [-0.2, 0) is 31.9 Å². The number of esters is 2. The third-order valence-corrected chi connectivity index (χ3v) is 4.36. The number of ether oxygens (including phenoxy) is 2. The van der Waals surface area contributed by atoms with Crippen molar-refractivity contribution in [2.24, 2.45) is 5.41 Å². The molecule has 28 heavy (non-hydrogen) atoms. The molecule has 0 unspecified atom stereocenters. The quantitative estimate of drug-likeness (QED) is 0.284. The van der Waals surface area contributed by atoms with E-state index in [0.717, 1.165) is 5.56 Å². The second-order valence-electron chi connectivity index (χ2n) is 6.25. The second kappa shape index (κ2) is 9.64. The normalized spacial score (nSPS) is 10.9. The Balaban J connectivity index is 2.59. The largest absolute Gasteiger partial charge is 0.465 e. The number of carbonyl (C=O) groups is 2. The Morgan fingerprint density at radius 2 is 1.43 bits per heavy atom. The lowest BCUT2D eigenvalue weighted by atomic mass is 9.76. The molecule has 2 rings (SSSR count). The SMILES string of the molecule is CCOC(=O)C(Cc1ccccc1)(Cc1ccccc1[N+](=O)[O-])C(=O)OCC. The number of carbonyl (C=O) groups excluding carboxylic acids is 2. The lowest BCUT2D eigenvalue weighted by Crippen LogP contribution is -2.46. The van der Waals surface area contributed by atoms with Crippen molar-refractivity contribution in [2.45, 2.75) is 26.7 Å². The van der Waals surface area contributed by atoms with E-state index in [0.29, 0.717) is 0 Å². The van der Waals surface area contributed by atoms with E-state index in [2.05, 4.69) is 0 Å². The molecule has 0 saturated heterocycles. The predicted octanol–water partition coefficient (Wildman–Crippen LogP) is 3.49. The number of hydrogen-bond donors (Lipinski definition) is 0. The molecule has 0 N–H and O–H groups in total. The predicted molar refractivity (Wildman–Crippen MR) is 103 cm³/mol. The van der Waals surface area contributed by atoms with Crippen LogP contribution in [0.3, 0.4) is 0 Å². The molecule has 148 valence electrons. The zero-order valence-electron chi connectivity index (χ0n) is 15.9. The lowest BCUT2D eigenvalue weighted by Gasteiger charge is -2.29. The van der Waals surface area contributed by atoms with Gasteiger partial charge in [-0.2, -0.15) is 0 Å². The summed E-state index contributed by atoms with van der Waals surface area (Å²) in [6, 6.07) is 15.0. The number of benzene rings is 2. The van der Waals surface area contributed by atoms with Crippen molar-refractivity contribution in [3.05, 3.63) is 75.8 Å². The van der Waals surface area contributed by atoms with Crippen LogP contribution in [0.2, 0.25) is 0 Å². The van der Waals surface area contributed by atoms with Crippen LogP contribution >= 0.6 is 0 Å². The summed E-state index contributed by atoms with van der Waals surface area (Å²) in [5.74, 6) is -1.51. The van der Waals surface area contributed by atoms with Gasteiger partial charge in [0.15, 0.2) is 5.41 Å². The Labute approximate surface area is 163 Å². The van der Waals surface area contributed by atoms with Gasteiger partial charge in [0.1, 0.15) is 0 Å². The molecule has 0 bridgehead atoms. The maximum atomic E-state index is 13.0. The van der Waals surface area contributed by atoms with Crippen LogP contribution in [-0.4, -0.2) is 30.1 Å². The van der Waals surface area contributed by atoms with Crippen LogP contribution in [0.5, 0.6) is 0 Å². The third-order valence-electron chi connectivity index (χ3n) is 4.36. The molecule has 0 aliphatic carbocycles. The Kier molecular flexibility index (Phi) is 7.26. The smallest absolute Gasteiger partial charge is 0.324 e. The van der Waals surface area contributed by atoms with Crippen LogP contribution in [0.25, 0.3) is 0 Å². The van der Waals surface area contributed by atoms with E-state index in [1.165, 1.54) is 18.2 Å². The Bertz CT molecular complexity index is 816. The molecule has 0 fully saturated rings. The van der Waals surface area contributed by atoms with Gasteiger partial charge in [-0.15, -0.1) is 0 Å². The van der Waals surface area contributed by atoms with Crippen molar-refractivity contribution in [3.8, 4) is 0 Å². The number of nitrogens with zero attached hydrogens (tertiary/aromatic N) is 1.